The molecule has 1 saturated heterocycles. The zero-order chi connectivity index (χ0) is 16.5. The Bertz CT molecular complexity index is 677. The number of nitrogens with zero attached hydrogens (tertiary/aromatic N) is 1. The molecule has 0 spiro atoms. The van der Waals surface area contributed by atoms with Gasteiger partial charge in [0, 0.05) is 25.2 Å². The van der Waals surface area contributed by atoms with E-state index < -0.39 is 16.0 Å². The Kier molecular flexibility index (Phi) is 5.11. The Labute approximate surface area is 135 Å². The first-order valence-electron chi connectivity index (χ1n) is 6.92. The predicted molar refractivity (Wildman–Crippen MR) is 83.6 cm³/mol. The van der Waals surface area contributed by atoms with Crippen LogP contribution in [0.3, 0.4) is 0 Å². The number of nitrogens with one attached hydrogen (secondary N) is 1. The number of rotatable bonds is 3. The molecule has 0 aliphatic carbocycles. The third-order valence-electron chi connectivity index (χ3n) is 3.92. The Morgan fingerprint density at radius 3 is 2.68 bits per heavy atom. The first-order valence-corrected chi connectivity index (χ1v) is 8.74. The van der Waals surface area contributed by atoms with Crippen LogP contribution in [-0.2, 0) is 14.8 Å². The molecule has 22 heavy (non-hydrogen) atoms. The third kappa shape index (κ3) is 3.12. The van der Waals surface area contributed by atoms with E-state index in [2.05, 4.69) is 10.1 Å². The maximum atomic E-state index is 12.8. The highest BCUT2D eigenvalue weighted by Crippen LogP contribution is 2.28. The second kappa shape index (κ2) is 6.54. The van der Waals surface area contributed by atoms with Crippen LogP contribution in [-0.4, -0.2) is 51.0 Å². The smallest absolute Gasteiger partial charge is 0.337 e. The number of carbonyl (C=O) groups is 1. The first-order chi connectivity index (χ1) is 10.3. The molecule has 1 N–H and O–H groups in total. The molecule has 1 aliphatic rings. The van der Waals surface area contributed by atoms with Crippen molar-refractivity contribution in [1.29, 1.82) is 0 Å². The number of hydrogen-bond acceptors (Lipinski definition) is 5. The molecule has 1 aliphatic heterocycles. The number of carbonyl (C=O) groups excluding carboxylic acids is 1. The summed E-state index contributed by atoms with van der Waals surface area (Å²) >= 11 is 6.09. The molecule has 1 aromatic carbocycles. The summed E-state index contributed by atoms with van der Waals surface area (Å²) in [6, 6.07) is 3.94. The predicted octanol–water partition coefficient (Wildman–Crippen LogP) is 1.50. The minimum Gasteiger partial charge on any atom is -0.465 e. The van der Waals surface area contributed by atoms with Gasteiger partial charge < -0.3 is 10.1 Å². The summed E-state index contributed by atoms with van der Waals surface area (Å²) in [6.45, 7) is 4.75. The van der Waals surface area contributed by atoms with E-state index in [0.717, 1.165) is 0 Å². The lowest BCUT2D eigenvalue weighted by molar-refractivity contribution is 0.0600. The van der Waals surface area contributed by atoms with Gasteiger partial charge in [-0.1, -0.05) is 11.6 Å². The monoisotopic (exact) mass is 346 g/mol. The molecule has 1 aromatic rings. The number of piperazine rings is 1. The number of hydrogen-bond donors (Lipinski definition) is 1. The van der Waals surface area contributed by atoms with Crippen molar-refractivity contribution in [2.24, 2.45) is 0 Å². The van der Waals surface area contributed by atoms with Crippen LogP contribution in [0.4, 0.5) is 0 Å². The summed E-state index contributed by atoms with van der Waals surface area (Å²) in [5.74, 6) is -0.560. The number of esters is 1. The summed E-state index contributed by atoms with van der Waals surface area (Å²) in [5.41, 5.74) is 0.216. The van der Waals surface area contributed by atoms with Gasteiger partial charge in [0.15, 0.2) is 0 Å². The van der Waals surface area contributed by atoms with Crippen LogP contribution in [0, 0.1) is 0 Å². The fraction of sp³-hybridized carbons (Fsp3) is 0.500. The van der Waals surface area contributed by atoms with Gasteiger partial charge in [-0.25, -0.2) is 13.2 Å². The Morgan fingerprint density at radius 2 is 2.09 bits per heavy atom. The molecule has 0 radical (unpaired) electrons. The van der Waals surface area contributed by atoms with Crippen molar-refractivity contribution in [3.63, 3.8) is 0 Å². The molecule has 2 unspecified atom stereocenters. The van der Waals surface area contributed by atoms with Crippen LogP contribution in [0.5, 0.6) is 0 Å². The maximum absolute atomic E-state index is 12.8. The number of halogens is 1. The highest BCUT2D eigenvalue weighted by Gasteiger charge is 2.35. The zero-order valence-electron chi connectivity index (χ0n) is 12.7. The summed E-state index contributed by atoms with van der Waals surface area (Å²) in [6.07, 6.45) is 0. The van der Waals surface area contributed by atoms with E-state index in [1.807, 2.05) is 13.8 Å². The van der Waals surface area contributed by atoms with Gasteiger partial charge in [0.25, 0.3) is 0 Å². The van der Waals surface area contributed by atoms with Crippen LogP contribution in [0.15, 0.2) is 23.1 Å². The van der Waals surface area contributed by atoms with Crippen molar-refractivity contribution in [2.75, 3.05) is 20.2 Å². The summed E-state index contributed by atoms with van der Waals surface area (Å²) in [7, 11) is -2.46. The van der Waals surface area contributed by atoms with Crippen molar-refractivity contribution >= 4 is 27.6 Å². The van der Waals surface area contributed by atoms with Crippen molar-refractivity contribution in [3.8, 4) is 0 Å². The van der Waals surface area contributed by atoms with Crippen molar-refractivity contribution in [1.82, 2.24) is 9.62 Å². The SMILES string of the molecule is COC(=O)c1ccc(S(=O)(=O)N2CCNC(C)C2C)c(Cl)c1. The lowest BCUT2D eigenvalue weighted by Crippen LogP contribution is -2.57. The molecule has 2 rings (SSSR count). The van der Waals surface area contributed by atoms with Crippen LogP contribution in [0.25, 0.3) is 0 Å². The van der Waals surface area contributed by atoms with Crippen LogP contribution < -0.4 is 5.32 Å². The lowest BCUT2D eigenvalue weighted by atomic mass is 10.1. The summed E-state index contributed by atoms with van der Waals surface area (Å²) in [5, 5.41) is 3.25. The second-order valence-electron chi connectivity index (χ2n) is 5.24. The molecule has 0 saturated carbocycles. The van der Waals surface area contributed by atoms with Gasteiger partial charge in [-0.3, -0.25) is 0 Å². The summed E-state index contributed by atoms with van der Waals surface area (Å²) < 4.78 is 31.7. The van der Waals surface area contributed by atoms with Crippen molar-refractivity contribution in [2.45, 2.75) is 30.8 Å². The molecule has 1 fully saturated rings. The van der Waals surface area contributed by atoms with E-state index in [1.165, 1.54) is 29.6 Å². The van der Waals surface area contributed by atoms with E-state index in [-0.39, 0.29) is 27.6 Å². The van der Waals surface area contributed by atoms with Crippen LogP contribution in [0.2, 0.25) is 5.02 Å². The number of ether oxygens (including phenoxy) is 1. The standard InChI is InChI=1S/C14H19ClN2O4S/c1-9-10(2)17(7-6-16-9)22(19,20)13-5-4-11(8-12(13)15)14(18)21-3/h4-5,8-10,16H,6-7H2,1-3H3. The Morgan fingerprint density at radius 1 is 1.41 bits per heavy atom. The van der Waals surface area contributed by atoms with E-state index in [9.17, 15) is 13.2 Å². The fourth-order valence-corrected chi connectivity index (χ4v) is 4.67. The van der Waals surface area contributed by atoms with Gasteiger partial charge in [0.2, 0.25) is 10.0 Å². The largest absolute Gasteiger partial charge is 0.465 e. The Hall–Kier alpha value is -1.15. The van der Waals surface area contributed by atoms with E-state index in [1.54, 1.807) is 0 Å². The Balaban J connectivity index is 2.39. The normalized spacial score (nSPS) is 23.3. The van der Waals surface area contributed by atoms with E-state index in [4.69, 9.17) is 11.6 Å². The molecule has 8 heteroatoms. The molecule has 6 nitrogen and oxygen atoms in total. The topological polar surface area (TPSA) is 75.7 Å². The second-order valence-corrected chi connectivity index (χ2v) is 7.50. The average molecular weight is 347 g/mol. The van der Waals surface area contributed by atoms with E-state index in [0.29, 0.717) is 13.1 Å². The fourth-order valence-electron chi connectivity index (χ4n) is 2.45. The van der Waals surface area contributed by atoms with Gasteiger partial charge in [-0.2, -0.15) is 4.31 Å². The molecule has 122 valence electrons. The number of sulfonamides is 1. The third-order valence-corrected chi connectivity index (χ3v) is 6.39. The number of methoxy groups -OCH3 is 1. The van der Waals surface area contributed by atoms with E-state index >= 15 is 0 Å². The van der Waals surface area contributed by atoms with Crippen LogP contribution in [0.1, 0.15) is 24.2 Å². The highest BCUT2D eigenvalue weighted by atomic mass is 35.5. The van der Waals surface area contributed by atoms with Gasteiger partial charge in [0.1, 0.15) is 4.90 Å². The van der Waals surface area contributed by atoms with Gasteiger partial charge in [-0.05, 0) is 32.0 Å². The van der Waals surface area contributed by atoms with Crippen molar-refractivity contribution in [3.05, 3.63) is 28.8 Å². The highest BCUT2D eigenvalue weighted by molar-refractivity contribution is 7.89. The quantitative estimate of drug-likeness (QED) is 0.839. The molecule has 0 amide bonds. The molecule has 0 bridgehead atoms. The minimum absolute atomic E-state index is 0.00256. The molecular formula is C14H19ClN2O4S. The van der Waals surface area contributed by atoms with Gasteiger partial charge in [0.05, 0.1) is 17.7 Å². The molecular weight excluding hydrogens is 328 g/mol. The first kappa shape index (κ1) is 17.2. The maximum Gasteiger partial charge on any atom is 0.337 e. The number of benzene rings is 1. The van der Waals surface area contributed by atoms with Gasteiger partial charge in [-0.15, -0.1) is 0 Å². The van der Waals surface area contributed by atoms with Crippen LogP contribution >= 0.6 is 11.6 Å². The lowest BCUT2D eigenvalue weighted by Gasteiger charge is -2.37. The molecule has 0 aromatic heterocycles. The molecule has 1 heterocycles. The van der Waals surface area contributed by atoms with Crippen molar-refractivity contribution < 1.29 is 17.9 Å². The molecule has 2 atom stereocenters. The van der Waals surface area contributed by atoms with Gasteiger partial charge >= 0.3 is 5.97 Å². The summed E-state index contributed by atoms with van der Waals surface area (Å²) in [4.78, 5) is 11.5. The zero-order valence-corrected chi connectivity index (χ0v) is 14.2. The minimum atomic E-state index is -3.71. The average Bonchev–Trinajstić information content (AvgIpc) is 2.48.